The predicted molar refractivity (Wildman–Crippen MR) is 288 cm³/mol. The fourth-order valence-electron chi connectivity index (χ4n) is 7.53. The Labute approximate surface area is 409 Å². The lowest BCUT2D eigenvalue weighted by Gasteiger charge is -2.18. The van der Waals surface area contributed by atoms with Crippen molar-refractivity contribution in [2.24, 2.45) is 0 Å². The van der Waals surface area contributed by atoms with E-state index >= 15 is 0 Å². The van der Waals surface area contributed by atoms with Crippen molar-refractivity contribution in [2.75, 3.05) is 19.8 Å². The second kappa shape index (κ2) is 56.1. The molecule has 0 heterocycles. The van der Waals surface area contributed by atoms with E-state index in [2.05, 4.69) is 118 Å². The molecule has 0 aromatic carbocycles. The van der Waals surface area contributed by atoms with Gasteiger partial charge in [-0.1, -0.05) is 240 Å². The van der Waals surface area contributed by atoms with Crippen LogP contribution in [-0.2, 0) is 23.8 Å². The lowest BCUT2D eigenvalue weighted by atomic mass is 10.0. The van der Waals surface area contributed by atoms with Crippen LogP contribution >= 0.6 is 0 Å². The predicted octanol–water partition coefficient (Wildman–Crippen LogP) is 19.0. The summed E-state index contributed by atoms with van der Waals surface area (Å²) >= 11 is 0. The van der Waals surface area contributed by atoms with Crippen molar-refractivity contribution in [2.45, 2.75) is 258 Å². The quantitative estimate of drug-likeness (QED) is 0.0346. The minimum absolute atomic E-state index is 0.133. The first-order chi connectivity index (χ1) is 32.6. The van der Waals surface area contributed by atoms with Gasteiger partial charge in [0.15, 0.2) is 0 Å². The number of unbranched alkanes of at least 4 members (excludes halogenated alkanes) is 23. The summed E-state index contributed by atoms with van der Waals surface area (Å²) in [6.07, 6.45) is 75.8. The van der Waals surface area contributed by atoms with Crippen molar-refractivity contribution < 1.29 is 23.8 Å². The molecule has 0 aromatic heterocycles. The van der Waals surface area contributed by atoms with Gasteiger partial charge in [0.1, 0.15) is 19.3 Å². The van der Waals surface area contributed by atoms with Gasteiger partial charge in [0.25, 0.3) is 0 Å². The molecule has 0 bridgehead atoms. The average Bonchev–Trinajstić information content (AvgIpc) is 3.32. The van der Waals surface area contributed by atoms with E-state index in [1.165, 1.54) is 89.9 Å². The summed E-state index contributed by atoms with van der Waals surface area (Å²) in [5, 5.41) is 0. The maximum Gasteiger partial charge on any atom is 0.305 e. The summed E-state index contributed by atoms with van der Waals surface area (Å²) in [6, 6.07) is 0. The molecule has 0 saturated heterocycles. The third-order valence-electron chi connectivity index (χ3n) is 11.7. The molecule has 0 fully saturated rings. The zero-order valence-corrected chi connectivity index (χ0v) is 43.4. The van der Waals surface area contributed by atoms with E-state index in [1.807, 2.05) is 0 Å². The summed E-state index contributed by atoms with van der Waals surface area (Å²) in [7, 11) is 0. The molecule has 0 rings (SSSR count). The Hall–Kier alpha value is -3.18. The zero-order chi connectivity index (χ0) is 47.7. The van der Waals surface area contributed by atoms with Crippen LogP contribution in [-0.4, -0.2) is 37.9 Å². The second-order valence-corrected chi connectivity index (χ2v) is 18.1. The van der Waals surface area contributed by atoms with Gasteiger partial charge in [-0.15, -0.1) is 0 Å². The number of carbonyl (C=O) groups excluding carboxylic acids is 2. The SMILES string of the molecule is CC/C=C\C/C=C\C/C=C\C/C=C\CCCCCCC(=O)OCC(COC(=O)CCCCCC/C=C\C/C=C\C/C=C\C/C=C\CC)OCCCCCCCCCCCCCCCCCC. The van der Waals surface area contributed by atoms with Crippen LogP contribution in [0.2, 0.25) is 0 Å². The van der Waals surface area contributed by atoms with E-state index in [0.717, 1.165) is 128 Å². The summed E-state index contributed by atoms with van der Waals surface area (Å²) in [5.74, 6) is -0.386. The first kappa shape index (κ1) is 62.8. The standard InChI is InChI=1S/C61H104O5/c1-4-7-10-13-16-19-22-25-28-31-33-36-39-42-45-48-51-54-60(62)65-57-59(64-56-53-50-47-44-41-38-35-30-27-24-21-18-15-12-9-6-3)58-66-61(63)55-52-49-46-43-40-37-34-32-29-26-23-20-17-14-11-8-5-2/h7-8,10-11,16-17,19-20,25-26,28-29,33-34,36-37,59H,4-6,9,12-15,18,21-24,27,30-32,35,38-58H2,1-3H3/b10-7-,11-8-,19-16-,20-17-,28-25-,29-26-,36-33-,37-34-. The van der Waals surface area contributed by atoms with Crippen molar-refractivity contribution in [1.29, 1.82) is 0 Å². The first-order valence-electron chi connectivity index (χ1n) is 27.8. The van der Waals surface area contributed by atoms with E-state index in [4.69, 9.17) is 14.2 Å². The number of esters is 2. The Kier molecular flexibility index (Phi) is 53.4. The Morgan fingerprint density at radius 1 is 0.333 bits per heavy atom. The lowest BCUT2D eigenvalue weighted by molar-refractivity contribution is -0.155. The van der Waals surface area contributed by atoms with Gasteiger partial charge in [0.2, 0.25) is 0 Å². The first-order valence-corrected chi connectivity index (χ1v) is 27.8. The molecule has 0 aliphatic heterocycles. The van der Waals surface area contributed by atoms with Gasteiger partial charge in [-0.25, -0.2) is 0 Å². The van der Waals surface area contributed by atoms with Crippen LogP contribution < -0.4 is 0 Å². The highest BCUT2D eigenvalue weighted by atomic mass is 16.6. The molecule has 0 radical (unpaired) electrons. The van der Waals surface area contributed by atoms with Crippen LogP contribution in [0.5, 0.6) is 0 Å². The third kappa shape index (κ3) is 53.4. The summed E-state index contributed by atoms with van der Waals surface area (Å²) in [4.78, 5) is 25.3. The van der Waals surface area contributed by atoms with Gasteiger partial charge < -0.3 is 14.2 Å². The van der Waals surface area contributed by atoms with Crippen LogP contribution in [0, 0.1) is 0 Å². The molecule has 0 amide bonds. The highest BCUT2D eigenvalue weighted by Crippen LogP contribution is 2.15. The molecule has 0 aliphatic carbocycles. The number of rotatable bonds is 50. The topological polar surface area (TPSA) is 61.8 Å². The van der Waals surface area contributed by atoms with Gasteiger partial charge in [-0.2, -0.15) is 0 Å². The van der Waals surface area contributed by atoms with E-state index < -0.39 is 6.10 Å². The number of hydrogen-bond donors (Lipinski definition) is 0. The Balaban J connectivity index is 4.36. The third-order valence-corrected chi connectivity index (χ3v) is 11.7. The van der Waals surface area contributed by atoms with E-state index in [0.29, 0.717) is 19.4 Å². The van der Waals surface area contributed by atoms with Gasteiger partial charge >= 0.3 is 11.9 Å². The molecule has 5 nitrogen and oxygen atoms in total. The van der Waals surface area contributed by atoms with Crippen molar-refractivity contribution >= 4 is 11.9 Å². The molecular formula is C61H104O5. The fraction of sp³-hybridized carbons (Fsp3) is 0.705. The molecular weight excluding hydrogens is 813 g/mol. The maximum atomic E-state index is 12.6. The zero-order valence-electron chi connectivity index (χ0n) is 43.4. The van der Waals surface area contributed by atoms with Crippen LogP contribution in [0.1, 0.15) is 252 Å². The molecule has 378 valence electrons. The second-order valence-electron chi connectivity index (χ2n) is 18.1. The van der Waals surface area contributed by atoms with E-state index in [-0.39, 0.29) is 25.2 Å². The Bertz CT molecular complexity index is 1190. The van der Waals surface area contributed by atoms with Crippen molar-refractivity contribution in [3.05, 3.63) is 97.2 Å². The van der Waals surface area contributed by atoms with Crippen LogP contribution in [0.15, 0.2) is 97.2 Å². The summed E-state index contributed by atoms with van der Waals surface area (Å²) in [6.45, 7) is 7.46. The smallest absolute Gasteiger partial charge is 0.305 e. The van der Waals surface area contributed by atoms with Gasteiger partial charge in [0.05, 0.1) is 0 Å². The summed E-state index contributed by atoms with van der Waals surface area (Å²) < 4.78 is 17.5. The molecule has 0 atom stereocenters. The molecule has 0 saturated carbocycles. The molecule has 0 aliphatic rings. The lowest BCUT2D eigenvalue weighted by Crippen LogP contribution is -2.29. The van der Waals surface area contributed by atoms with Gasteiger partial charge in [0, 0.05) is 19.4 Å². The van der Waals surface area contributed by atoms with Crippen LogP contribution in [0.3, 0.4) is 0 Å². The number of hydrogen-bond acceptors (Lipinski definition) is 5. The molecule has 66 heavy (non-hydrogen) atoms. The van der Waals surface area contributed by atoms with Crippen molar-refractivity contribution in [3.8, 4) is 0 Å². The number of ether oxygens (including phenoxy) is 3. The van der Waals surface area contributed by atoms with Crippen molar-refractivity contribution in [1.82, 2.24) is 0 Å². The van der Waals surface area contributed by atoms with Gasteiger partial charge in [-0.05, 0) is 96.3 Å². The fourth-order valence-corrected chi connectivity index (χ4v) is 7.53. The number of allylic oxidation sites excluding steroid dienone is 16. The number of carbonyl (C=O) groups is 2. The minimum Gasteiger partial charge on any atom is -0.463 e. The Morgan fingerprint density at radius 2 is 0.621 bits per heavy atom. The molecule has 0 N–H and O–H groups in total. The van der Waals surface area contributed by atoms with E-state index in [9.17, 15) is 9.59 Å². The molecule has 5 heteroatoms. The largest absolute Gasteiger partial charge is 0.463 e. The van der Waals surface area contributed by atoms with Gasteiger partial charge in [-0.3, -0.25) is 9.59 Å². The molecule has 0 spiro atoms. The maximum absolute atomic E-state index is 12.6. The normalized spacial score (nSPS) is 12.5. The van der Waals surface area contributed by atoms with Crippen LogP contribution in [0.4, 0.5) is 0 Å². The van der Waals surface area contributed by atoms with Crippen LogP contribution in [0.25, 0.3) is 0 Å². The monoisotopic (exact) mass is 917 g/mol. The van der Waals surface area contributed by atoms with E-state index in [1.54, 1.807) is 0 Å². The molecule has 0 unspecified atom stereocenters. The van der Waals surface area contributed by atoms with Crippen molar-refractivity contribution in [3.63, 3.8) is 0 Å². The highest BCUT2D eigenvalue weighted by molar-refractivity contribution is 5.69. The highest BCUT2D eigenvalue weighted by Gasteiger charge is 2.16. The molecule has 0 aromatic rings. The Morgan fingerprint density at radius 3 is 0.970 bits per heavy atom. The summed E-state index contributed by atoms with van der Waals surface area (Å²) in [5.41, 5.74) is 0. The minimum atomic E-state index is -0.425. The average molecular weight is 917 g/mol.